The van der Waals surface area contributed by atoms with Crippen molar-refractivity contribution in [1.29, 1.82) is 0 Å². The van der Waals surface area contributed by atoms with Crippen LogP contribution in [0.4, 0.5) is 13.2 Å². The van der Waals surface area contributed by atoms with E-state index < -0.39 is 11.7 Å². The SMILES string of the molecule is CCCN(CCNC)CCc1ccc(C)cc1C(F)(F)F. The second-order valence-corrected chi connectivity index (χ2v) is 5.35. The van der Waals surface area contributed by atoms with Crippen LogP contribution in [0, 0.1) is 6.92 Å². The van der Waals surface area contributed by atoms with Crippen molar-refractivity contribution in [3.05, 3.63) is 34.9 Å². The summed E-state index contributed by atoms with van der Waals surface area (Å²) in [5, 5.41) is 3.08. The van der Waals surface area contributed by atoms with E-state index in [1.54, 1.807) is 19.1 Å². The molecule has 0 aromatic heterocycles. The number of alkyl halides is 3. The maximum absolute atomic E-state index is 13.1. The third-order valence-electron chi connectivity index (χ3n) is 3.49. The van der Waals surface area contributed by atoms with Crippen LogP contribution in [0.15, 0.2) is 18.2 Å². The molecular weight excluding hydrogens is 277 g/mol. The Hall–Kier alpha value is -1.07. The Labute approximate surface area is 125 Å². The van der Waals surface area contributed by atoms with Gasteiger partial charge in [-0.1, -0.05) is 24.6 Å². The number of aryl methyl sites for hydroxylation is 1. The maximum Gasteiger partial charge on any atom is 0.416 e. The molecule has 0 heterocycles. The fraction of sp³-hybridized carbons (Fsp3) is 0.625. The van der Waals surface area contributed by atoms with Crippen LogP contribution in [0.3, 0.4) is 0 Å². The number of halogens is 3. The molecule has 0 bridgehead atoms. The van der Waals surface area contributed by atoms with Gasteiger partial charge in [-0.2, -0.15) is 13.2 Å². The summed E-state index contributed by atoms with van der Waals surface area (Å²) in [7, 11) is 1.88. The fourth-order valence-electron chi connectivity index (χ4n) is 2.37. The summed E-state index contributed by atoms with van der Waals surface area (Å²) in [4.78, 5) is 2.20. The van der Waals surface area contributed by atoms with E-state index in [9.17, 15) is 13.2 Å². The van der Waals surface area contributed by atoms with E-state index in [1.807, 2.05) is 7.05 Å². The number of hydrogen-bond donors (Lipinski definition) is 1. The first-order valence-electron chi connectivity index (χ1n) is 7.42. The fourth-order valence-corrected chi connectivity index (χ4v) is 2.37. The number of rotatable bonds is 8. The molecule has 1 rings (SSSR count). The lowest BCUT2D eigenvalue weighted by atomic mass is 10.0. The predicted octanol–water partition coefficient (Wildman–Crippen LogP) is 3.49. The van der Waals surface area contributed by atoms with E-state index >= 15 is 0 Å². The molecule has 0 atom stereocenters. The van der Waals surface area contributed by atoms with Crippen LogP contribution in [0.2, 0.25) is 0 Å². The van der Waals surface area contributed by atoms with Crippen molar-refractivity contribution in [3.63, 3.8) is 0 Å². The predicted molar refractivity (Wildman–Crippen MR) is 80.5 cm³/mol. The molecule has 5 heteroatoms. The Balaban J connectivity index is 2.77. The summed E-state index contributed by atoms with van der Waals surface area (Å²) in [6, 6.07) is 4.61. The van der Waals surface area contributed by atoms with Gasteiger partial charge in [0.25, 0.3) is 0 Å². The van der Waals surface area contributed by atoms with Crippen LogP contribution in [0.1, 0.15) is 30.0 Å². The van der Waals surface area contributed by atoms with Crippen LogP contribution in [0.25, 0.3) is 0 Å². The molecule has 0 saturated heterocycles. The van der Waals surface area contributed by atoms with Gasteiger partial charge in [-0.3, -0.25) is 0 Å². The highest BCUT2D eigenvalue weighted by atomic mass is 19.4. The van der Waals surface area contributed by atoms with Crippen molar-refractivity contribution in [2.75, 3.05) is 33.2 Å². The van der Waals surface area contributed by atoms with Gasteiger partial charge in [0.1, 0.15) is 0 Å². The van der Waals surface area contributed by atoms with Gasteiger partial charge in [0.2, 0.25) is 0 Å². The van der Waals surface area contributed by atoms with Gasteiger partial charge in [-0.15, -0.1) is 0 Å². The molecule has 2 nitrogen and oxygen atoms in total. The molecule has 0 spiro atoms. The van der Waals surface area contributed by atoms with E-state index in [2.05, 4.69) is 17.1 Å². The molecule has 0 aliphatic rings. The largest absolute Gasteiger partial charge is 0.416 e. The van der Waals surface area contributed by atoms with E-state index in [0.717, 1.165) is 26.1 Å². The minimum Gasteiger partial charge on any atom is -0.318 e. The van der Waals surface area contributed by atoms with Crippen molar-refractivity contribution in [3.8, 4) is 0 Å². The Bertz CT molecular complexity index is 430. The van der Waals surface area contributed by atoms with Crippen LogP contribution in [-0.2, 0) is 12.6 Å². The standard InChI is InChI=1S/C16H25F3N2/c1-4-9-21(11-8-20-3)10-7-14-6-5-13(2)12-15(14)16(17,18)19/h5-6,12,20H,4,7-11H2,1-3H3. The van der Waals surface area contributed by atoms with Crippen molar-refractivity contribution in [2.45, 2.75) is 32.9 Å². The normalized spacial score (nSPS) is 12.1. The van der Waals surface area contributed by atoms with E-state index in [1.165, 1.54) is 6.07 Å². The zero-order chi connectivity index (χ0) is 15.9. The molecule has 0 amide bonds. The van der Waals surface area contributed by atoms with Gasteiger partial charge < -0.3 is 10.2 Å². The second-order valence-electron chi connectivity index (χ2n) is 5.35. The third-order valence-corrected chi connectivity index (χ3v) is 3.49. The molecule has 0 aliphatic heterocycles. The lowest BCUT2D eigenvalue weighted by Gasteiger charge is -2.22. The van der Waals surface area contributed by atoms with Crippen LogP contribution in [0.5, 0.6) is 0 Å². The molecule has 0 aliphatic carbocycles. The molecule has 1 N–H and O–H groups in total. The summed E-state index contributed by atoms with van der Waals surface area (Å²) in [6.07, 6.45) is -2.84. The lowest BCUT2D eigenvalue weighted by molar-refractivity contribution is -0.138. The molecule has 0 radical (unpaired) electrons. The van der Waals surface area contributed by atoms with Gasteiger partial charge in [-0.25, -0.2) is 0 Å². The molecule has 120 valence electrons. The smallest absolute Gasteiger partial charge is 0.318 e. The van der Waals surface area contributed by atoms with Crippen molar-refractivity contribution >= 4 is 0 Å². The minimum atomic E-state index is -4.28. The van der Waals surface area contributed by atoms with Crippen LogP contribution in [-0.4, -0.2) is 38.1 Å². The van der Waals surface area contributed by atoms with Crippen LogP contribution >= 0.6 is 0 Å². The van der Waals surface area contributed by atoms with Crippen molar-refractivity contribution in [2.24, 2.45) is 0 Å². The first-order valence-corrected chi connectivity index (χ1v) is 7.42. The van der Waals surface area contributed by atoms with Gasteiger partial charge in [0.05, 0.1) is 5.56 Å². The highest BCUT2D eigenvalue weighted by Crippen LogP contribution is 2.32. The zero-order valence-corrected chi connectivity index (χ0v) is 13.1. The first kappa shape index (κ1) is 18.0. The summed E-state index contributed by atoms with van der Waals surface area (Å²) in [5.74, 6) is 0. The second kappa shape index (κ2) is 8.39. The lowest BCUT2D eigenvalue weighted by Crippen LogP contribution is -2.33. The Kier molecular flexibility index (Phi) is 7.18. The van der Waals surface area contributed by atoms with Gasteiger partial charge in [0, 0.05) is 19.6 Å². The number of likely N-dealkylation sites (N-methyl/N-ethyl adjacent to an activating group) is 1. The zero-order valence-electron chi connectivity index (χ0n) is 13.1. The molecule has 0 saturated carbocycles. The summed E-state index contributed by atoms with van der Waals surface area (Å²) < 4.78 is 39.2. The summed E-state index contributed by atoms with van der Waals surface area (Å²) in [5.41, 5.74) is 0.540. The number of hydrogen-bond acceptors (Lipinski definition) is 2. The van der Waals surface area contributed by atoms with Crippen molar-refractivity contribution < 1.29 is 13.2 Å². The first-order chi connectivity index (χ1) is 9.88. The molecule has 0 fully saturated rings. The Morgan fingerprint density at radius 3 is 2.43 bits per heavy atom. The van der Waals surface area contributed by atoms with Gasteiger partial charge >= 0.3 is 6.18 Å². The van der Waals surface area contributed by atoms with E-state index in [-0.39, 0.29) is 0 Å². The minimum absolute atomic E-state index is 0.388. The summed E-state index contributed by atoms with van der Waals surface area (Å²) >= 11 is 0. The van der Waals surface area contributed by atoms with Gasteiger partial charge in [-0.05, 0) is 45.0 Å². The van der Waals surface area contributed by atoms with Crippen molar-refractivity contribution in [1.82, 2.24) is 10.2 Å². The number of nitrogens with zero attached hydrogens (tertiary/aromatic N) is 1. The summed E-state index contributed by atoms with van der Waals surface area (Å²) in [6.45, 7) is 7.04. The molecule has 1 aromatic rings. The Morgan fingerprint density at radius 1 is 1.14 bits per heavy atom. The number of benzene rings is 1. The van der Waals surface area contributed by atoms with E-state index in [0.29, 0.717) is 24.1 Å². The monoisotopic (exact) mass is 302 g/mol. The molecule has 0 unspecified atom stereocenters. The highest BCUT2D eigenvalue weighted by molar-refractivity contribution is 5.34. The van der Waals surface area contributed by atoms with E-state index in [4.69, 9.17) is 0 Å². The third kappa shape index (κ3) is 6.06. The Morgan fingerprint density at radius 2 is 1.86 bits per heavy atom. The highest BCUT2D eigenvalue weighted by Gasteiger charge is 2.33. The number of nitrogens with one attached hydrogen (secondary N) is 1. The van der Waals surface area contributed by atoms with Crippen LogP contribution < -0.4 is 5.32 Å². The average molecular weight is 302 g/mol. The topological polar surface area (TPSA) is 15.3 Å². The maximum atomic E-state index is 13.1. The average Bonchev–Trinajstić information content (AvgIpc) is 2.42. The molecular formula is C16H25F3N2. The molecule has 1 aromatic carbocycles. The van der Waals surface area contributed by atoms with Gasteiger partial charge in [0.15, 0.2) is 0 Å². The quantitative estimate of drug-likeness (QED) is 0.791. The molecule has 21 heavy (non-hydrogen) atoms.